The monoisotopic (exact) mass is 463 g/mol. The van der Waals surface area contributed by atoms with Gasteiger partial charge in [-0.2, -0.15) is 0 Å². The molecule has 0 radical (unpaired) electrons. The average molecular weight is 464 g/mol. The molecule has 0 aliphatic carbocycles. The van der Waals surface area contributed by atoms with Crippen molar-refractivity contribution in [2.24, 2.45) is 10.7 Å². The zero-order valence-electron chi connectivity index (χ0n) is 16.7. The molecule has 6 nitrogen and oxygen atoms in total. The minimum Gasteiger partial charge on any atom is -0.488 e. The summed E-state index contributed by atoms with van der Waals surface area (Å²) in [4.78, 5) is 29.0. The minimum absolute atomic E-state index is 0.283. The lowest BCUT2D eigenvalue weighted by molar-refractivity contribution is -0.115. The van der Waals surface area contributed by atoms with Crippen LogP contribution in [0.2, 0.25) is 5.02 Å². The molecule has 8 heteroatoms. The summed E-state index contributed by atoms with van der Waals surface area (Å²) >= 11 is 7.39. The van der Waals surface area contributed by atoms with Gasteiger partial charge in [-0.25, -0.2) is 4.99 Å². The standard InChI is InChI=1S/C24H18ClN3O3S/c25-18-10-4-1-8-16(18)14-31-20-12-6-2-7-15(20)13-21-23(30)28-24(32-21)27-19-11-5-3-9-17(19)22(26)29/h1-13H,14H2,(H2,26,29)(H,27,28,30)/b21-13-. The molecule has 0 unspecified atom stereocenters. The van der Waals surface area contributed by atoms with Crippen LogP contribution in [-0.4, -0.2) is 17.0 Å². The van der Waals surface area contributed by atoms with Crippen LogP contribution >= 0.6 is 23.4 Å². The Kier molecular flexibility index (Phi) is 6.58. The predicted molar refractivity (Wildman–Crippen MR) is 128 cm³/mol. The molecule has 3 N–H and O–H groups in total. The minimum atomic E-state index is -0.584. The van der Waals surface area contributed by atoms with Crippen LogP contribution in [0, 0.1) is 0 Å². The van der Waals surface area contributed by atoms with Gasteiger partial charge in [0.1, 0.15) is 12.4 Å². The van der Waals surface area contributed by atoms with E-state index in [4.69, 9.17) is 22.1 Å². The van der Waals surface area contributed by atoms with Crippen LogP contribution in [0.4, 0.5) is 5.69 Å². The summed E-state index contributed by atoms with van der Waals surface area (Å²) in [5.41, 5.74) is 7.70. The summed E-state index contributed by atoms with van der Waals surface area (Å²) in [7, 11) is 0. The third-order valence-electron chi connectivity index (χ3n) is 4.59. The van der Waals surface area contributed by atoms with Crippen LogP contribution in [0.25, 0.3) is 6.08 Å². The van der Waals surface area contributed by atoms with Crippen LogP contribution in [-0.2, 0) is 11.4 Å². The molecular formula is C24H18ClN3O3S. The van der Waals surface area contributed by atoms with E-state index in [0.717, 1.165) is 11.1 Å². The highest BCUT2D eigenvalue weighted by Gasteiger charge is 2.25. The molecule has 0 aromatic heterocycles. The Morgan fingerprint density at radius 3 is 2.59 bits per heavy atom. The van der Waals surface area contributed by atoms with Gasteiger partial charge in [0, 0.05) is 16.1 Å². The molecule has 32 heavy (non-hydrogen) atoms. The van der Waals surface area contributed by atoms with Crippen molar-refractivity contribution in [2.45, 2.75) is 6.61 Å². The molecule has 1 aliphatic rings. The fraction of sp³-hybridized carbons (Fsp3) is 0.0417. The van der Waals surface area contributed by atoms with Crippen molar-refractivity contribution in [3.05, 3.63) is 99.4 Å². The maximum atomic E-state index is 12.5. The molecule has 4 rings (SSSR count). The molecule has 0 spiro atoms. The zero-order valence-corrected chi connectivity index (χ0v) is 18.3. The number of ether oxygens (including phenoxy) is 1. The first kappa shape index (κ1) is 21.7. The van der Waals surface area contributed by atoms with E-state index in [0.29, 0.717) is 33.1 Å². The Hall–Kier alpha value is -3.55. The van der Waals surface area contributed by atoms with E-state index in [1.807, 2.05) is 48.5 Å². The highest BCUT2D eigenvalue weighted by molar-refractivity contribution is 8.18. The number of amidine groups is 1. The number of halogens is 1. The molecule has 1 heterocycles. The maximum Gasteiger partial charge on any atom is 0.264 e. The van der Waals surface area contributed by atoms with Gasteiger partial charge in [-0.05, 0) is 42.1 Å². The van der Waals surface area contributed by atoms with Gasteiger partial charge in [0.15, 0.2) is 5.17 Å². The van der Waals surface area contributed by atoms with Crippen LogP contribution in [0.1, 0.15) is 21.5 Å². The summed E-state index contributed by atoms with van der Waals surface area (Å²) in [5, 5.41) is 3.71. The number of aliphatic imine (C=N–C) groups is 1. The highest BCUT2D eigenvalue weighted by Crippen LogP contribution is 2.31. The number of amides is 2. The predicted octanol–water partition coefficient (Wildman–Crippen LogP) is 4.91. The second-order valence-corrected chi connectivity index (χ2v) is 8.22. The number of nitrogens with two attached hydrogens (primary N) is 1. The van der Waals surface area contributed by atoms with E-state index in [9.17, 15) is 9.59 Å². The lowest BCUT2D eigenvalue weighted by Gasteiger charge is -2.10. The molecule has 1 saturated heterocycles. The van der Waals surface area contributed by atoms with Crippen molar-refractivity contribution in [1.29, 1.82) is 0 Å². The zero-order chi connectivity index (χ0) is 22.5. The van der Waals surface area contributed by atoms with Crippen molar-refractivity contribution in [1.82, 2.24) is 5.32 Å². The number of para-hydroxylation sites is 2. The third kappa shape index (κ3) is 5.01. The number of nitrogens with zero attached hydrogens (tertiary/aromatic N) is 1. The Labute approximate surface area is 194 Å². The second kappa shape index (κ2) is 9.72. The van der Waals surface area contributed by atoms with Crippen molar-refractivity contribution < 1.29 is 14.3 Å². The largest absolute Gasteiger partial charge is 0.488 e. The number of thioether (sulfide) groups is 1. The number of benzene rings is 3. The fourth-order valence-corrected chi connectivity index (χ4v) is 4.03. The number of rotatable bonds is 6. The molecule has 3 aromatic carbocycles. The summed E-state index contributed by atoms with van der Waals surface area (Å²) in [6.07, 6.45) is 1.74. The molecule has 1 aliphatic heterocycles. The van der Waals surface area contributed by atoms with Gasteiger partial charge in [0.2, 0.25) is 0 Å². The Morgan fingerprint density at radius 2 is 1.78 bits per heavy atom. The van der Waals surface area contributed by atoms with Gasteiger partial charge >= 0.3 is 0 Å². The first-order valence-electron chi connectivity index (χ1n) is 9.65. The van der Waals surface area contributed by atoms with Gasteiger partial charge in [-0.3, -0.25) is 9.59 Å². The lowest BCUT2D eigenvalue weighted by atomic mass is 10.2. The number of hydrogen-bond donors (Lipinski definition) is 2. The van der Waals surface area contributed by atoms with Gasteiger partial charge in [-0.1, -0.05) is 60.1 Å². The van der Waals surface area contributed by atoms with E-state index < -0.39 is 5.91 Å². The van der Waals surface area contributed by atoms with Crippen molar-refractivity contribution in [3.63, 3.8) is 0 Å². The highest BCUT2D eigenvalue weighted by atomic mass is 35.5. The first-order chi connectivity index (χ1) is 15.5. The van der Waals surface area contributed by atoms with Crippen molar-refractivity contribution in [2.75, 3.05) is 0 Å². The van der Waals surface area contributed by atoms with Gasteiger partial charge in [0.25, 0.3) is 11.8 Å². The number of hydrogen-bond acceptors (Lipinski definition) is 5. The molecular weight excluding hydrogens is 446 g/mol. The normalized spacial score (nSPS) is 15.7. The Balaban J connectivity index is 1.56. The molecule has 2 amide bonds. The maximum absolute atomic E-state index is 12.5. The molecule has 0 saturated carbocycles. The fourth-order valence-electron chi connectivity index (χ4n) is 3.01. The second-order valence-electron chi connectivity index (χ2n) is 6.78. The Bertz CT molecular complexity index is 1260. The average Bonchev–Trinajstić information content (AvgIpc) is 3.13. The van der Waals surface area contributed by atoms with Crippen molar-refractivity contribution in [3.8, 4) is 5.75 Å². The first-order valence-corrected chi connectivity index (χ1v) is 10.8. The van der Waals surface area contributed by atoms with E-state index in [1.54, 1.807) is 30.3 Å². The van der Waals surface area contributed by atoms with Crippen LogP contribution in [0.15, 0.2) is 82.7 Å². The van der Waals surface area contributed by atoms with Crippen LogP contribution < -0.4 is 15.8 Å². The Morgan fingerprint density at radius 1 is 1.06 bits per heavy atom. The molecule has 3 aromatic rings. The van der Waals surface area contributed by atoms with Gasteiger partial charge in [-0.15, -0.1) is 0 Å². The smallest absolute Gasteiger partial charge is 0.264 e. The molecule has 160 valence electrons. The van der Waals surface area contributed by atoms with E-state index in [-0.39, 0.29) is 11.5 Å². The number of primary amides is 1. The quantitative estimate of drug-likeness (QED) is 0.508. The van der Waals surface area contributed by atoms with Crippen LogP contribution in [0.5, 0.6) is 5.75 Å². The van der Waals surface area contributed by atoms with Crippen LogP contribution in [0.3, 0.4) is 0 Å². The number of carbonyl (C=O) groups is 2. The summed E-state index contributed by atoms with van der Waals surface area (Å²) < 4.78 is 5.96. The van der Waals surface area contributed by atoms with Gasteiger partial charge < -0.3 is 15.8 Å². The van der Waals surface area contributed by atoms with Gasteiger partial charge in [0.05, 0.1) is 16.2 Å². The summed E-state index contributed by atoms with van der Waals surface area (Å²) in [6, 6.07) is 21.6. The summed E-state index contributed by atoms with van der Waals surface area (Å²) in [5.74, 6) is -0.247. The van der Waals surface area contributed by atoms with E-state index >= 15 is 0 Å². The lowest BCUT2D eigenvalue weighted by Crippen LogP contribution is -2.19. The number of nitrogens with one attached hydrogen (secondary N) is 1. The number of carbonyl (C=O) groups excluding carboxylic acids is 2. The van der Waals surface area contributed by atoms with Crippen molar-refractivity contribution >= 4 is 52.1 Å². The molecule has 1 fully saturated rings. The van der Waals surface area contributed by atoms with E-state index in [1.165, 1.54) is 11.8 Å². The SMILES string of the molecule is NC(=O)c1ccccc1N=C1NC(=O)/C(=C/c2ccccc2OCc2ccccc2Cl)S1. The molecule has 0 bridgehead atoms. The van der Waals surface area contributed by atoms with E-state index in [2.05, 4.69) is 10.3 Å². The molecule has 0 atom stereocenters. The topological polar surface area (TPSA) is 93.8 Å². The summed E-state index contributed by atoms with van der Waals surface area (Å²) in [6.45, 7) is 0.301. The third-order valence-corrected chi connectivity index (χ3v) is 5.87.